The van der Waals surface area contributed by atoms with Gasteiger partial charge in [0.05, 0.1) is 15.5 Å². The quantitative estimate of drug-likeness (QED) is 0.735. The van der Waals surface area contributed by atoms with Crippen LogP contribution in [0.3, 0.4) is 0 Å². The van der Waals surface area contributed by atoms with Crippen molar-refractivity contribution in [1.29, 1.82) is 0 Å². The summed E-state index contributed by atoms with van der Waals surface area (Å²) in [4.78, 5) is 10.9. The Kier molecular flexibility index (Phi) is 4.17. The van der Waals surface area contributed by atoms with Crippen LogP contribution in [0.2, 0.25) is 5.02 Å². The molecule has 0 bridgehead atoms. The number of carboxylic acids is 1. The molecule has 0 aliphatic rings. The SMILES string of the molecule is O=C(O)c1cc(S(=O)(=O)Nc2ccc3ccccc3c2)ccc1Cl. The molecule has 0 saturated heterocycles. The lowest BCUT2D eigenvalue weighted by atomic mass is 10.1. The van der Waals surface area contributed by atoms with Gasteiger partial charge in [0.2, 0.25) is 0 Å². The van der Waals surface area contributed by atoms with Gasteiger partial charge in [0.1, 0.15) is 0 Å². The molecule has 3 aromatic carbocycles. The second-order valence-electron chi connectivity index (χ2n) is 5.11. The normalized spacial score (nSPS) is 11.4. The molecule has 0 unspecified atom stereocenters. The van der Waals surface area contributed by atoms with Crippen molar-refractivity contribution in [2.75, 3.05) is 4.72 Å². The van der Waals surface area contributed by atoms with E-state index in [9.17, 15) is 13.2 Å². The van der Waals surface area contributed by atoms with E-state index in [1.54, 1.807) is 18.2 Å². The molecule has 3 aromatic rings. The molecule has 122 valence electrons. The molecule has 0 radical (unpaired) electrons. The number of benzene rings is 3. The van der Waals surface area contributed by atoms with E-state index in [-0.39, 0.29) is 15.5 Å². The number of carboxylic acid groups (broad SMARTS) is 1. The molecule has 0 fully saturated rings. The number of fused-ring (bicyclic) bond motifs is 1. The van der Waals surface area contributed by atoms with Gasteiger partial charge in [-0.25, -0.2) is 13.2 Å². The maximum atomic E-state index is 12.5. The molecule has 0 amide bonds. The third-order valence-corrected chi connectivity index (χ3v) is 5.19. The highest BCUT2D eigenvalue weighted by molar-refractivity contribution is 7.92. The molecule has 0 aromatic heterocycles. The number of hydrogen-bond acceptors (Lipinski definition) is 3. The van der Waals surface area contributed by atoms with Crippen molar-refractivity contribution >= 4 is 44.1 Å². The molecule has 2 N–H and O–H groups in total. The van der Waals surface area contributed by atoms with Gasteiger partial charge in [0, 0.05) is 5.69 Å². The minimum Gasteiger partial charge on any atom is -0.478 e. The average molecular weight is 362 g/mol. The Morgan fingerprint density at radius 2 is 1.67 bits per heavy atom. The third kappa shape index (κ3) is 3.20. The number of nitrogens with one attached hydrogen (secondary N) is 1. The largest absolute Gasteiger partial charge is 0.478 e. The van der Waals surface area contributed by atoms with Crippen molar-refractivity contribution in [2.24, 2.45) is 0 Å². The van der Waals surface area contributed by atoms with Crippen LogP contribution in [0.1, 0.15) is 10.4 Å². The van der Waals surface area contributed by atoms with Gasteiger partial charge in [-0.1, -0.05) is 41.9 Å². The highest BCUT2D eigenvalue weighted by Crippen LogP contribution is 2.24. The van der Waals surface area contributed by atoms with Crippen molar-refractivity contribution in [3.05, 3.63) is 71.2 Å². The Morgan fingerprint density at radius 3 is 2.38 bits per heavy atom. The van der Waals surface area contributed by atoms with Crippen LogP contribution in [0, 0.1) is 0 Å². The van der Waals surface area contributed by atoms with Gasteiger partial charge in [0.25, 0.3) is 10.0 Å². The Hall–Kier alpha value is -2.57. The maximum absolute atomic E-state index is 12.5. The zero-order valence-corrected chi connectivity index (χ0v) is 13.8. The second kappa shape index (κ2) is 6.14. The van der Waals surface area contributed by atoms with Crippen molar-refractivity contribution in [2.45, 2.75) is 4.90 Å². The predicted molar refractivity (Wildman–Crippen MR) is 93.2 cm³/mol. The molecule has 0 atom stereocenters. The second-order valence-corrected chi connectivity index (χ2v) is 7.20. The van der Waals surface area contributed by atoms with Gasteiger partial charge < -0.3 is 5.11 Å². The van der Waals surface area contributed by atoms with Crippen LogP contribution >= 0.6 is 11.6 Å². The van der Waals surface area contributed by atoms with E-state index in [1.165, 1.54) is 12.1 Å². The lowest BCUT2D eigenvalue weighted by Crippen LogP contribution is -2.14. The fourth-order valence-electron chi connectivity index (χ4n) is 2.30. The van der Waals surface area contributed by atoms with Crippen molar-refractivity contribution in [1.82, 2.24) is 0 Å². The smallest absolute Gasteiger partial charge is 0.337 e. The number of anilines is 1. The van der Waals surface area contributed by atoms with Gasteiger partial charge >= 0.3 is 5.97 Å². The van der Waals surface area contributed by atoms with Crippen molar-refractivity contribution < 1.29 is 18.3 Å². The average Bonchev–Trinajstić information content (AvgIpc) is 2.54. The summed E-state index contributed by atoms with van der Waals surface area (Å²) in [5, 5.41) is 10.9. The zero-order valence-electron chi connectivity index (χ0n) is 12.2. The molecule has 3 rings (SSSR count). The fourth-order valence-corrected chi connectivity index (χ4v) is 3.58. The van der Waals surface area contributed by atoms with Crippen LogP contribution in [0.25, 0.3) is 10.8 Å². The topological polar surface area (TPSA) is 83.5 Å². The molecule has 24 heavy (non-hydrogen) atoms. The highest BCUT2D eigenvalue weighted by atomic mass is 35.5. The molecule has 0 aliphatic carbocycles. The van der Waals surface area contributed by atoms with Gasteiger partial charge in [-0.3, -0.25) is 4.72 Å². The third-order valence-electron chi connectivity index (χ3n) is 3.48. The first-order valence-corrected chi connectivity index (χ1v) is 8.77. The number of aromatic carboxylic acids is 1. The van der Waals surface area contributed by atoms with E-state index < -0.39 is 16.0 Å². The summed E-state index contributed by atoms with van der Waals surface area (Å²) in [7, 11) is -3.93. The van der Waals surface area contributed by atoms with Crippen molar-refractivity contribution in [3.8, 4) is 0 Å². The summed E-state index contributed by atoms with van der Waals surface area (Å²) >= 11 is 5.77. The standard InChI is InChI=1S/C17H12ClNO4S/c18-16-8-7-14(10-15(16)17(20)21)24(22,23)19-13-6-5-11-3-1-2-4-12(11)9-13/h1-10,19H,(H,20,21). The van der Waals surface area contributed by atoms with Gasteiger partial charge in [0.15, 0.2) is 0 Å². The Bertz CT molecular complexity index is 1050. The summed E-state index contributed by atoms with van der Waals surface area (Å²) in [5.74, 6) is -1.29. The summed E-state index contributed by atoms with van der Waals surface area (Å²) in [6.45, 7) is 0. The lowest BCUT2D eigenvalue weighted by Gasteiger charge is -2.10. The van der Waals surface area contributed by atoms with Crippen LogP contribution in [0.4, 0.5) is 5.69 Å². The molecular weight excluding hydrogens is 350 g/mol. The van der Waals surface area contributed by atoms with E-state index in [1.807, 2.05) is 24.3 Å². The maximum Gasteiger partial charge on any atom is 0.337 e. The van der Waals surface area contributed by atoms with E-state index >= 15 is 0 Å². The van der Waals surface area contributed by atoms with E-state index in [2.05, 4.69) is 4.72 Å². The number of carbonyl (C=O) groups is 1. The van der Waals surface area contributed by atoms with Crippen LogP contribution in [0.5, 0.6) is 0 Å². The van der Waals surface area contributed by atoms with Crippen LogP contribution in [-0.2, 0) is 10.0 Å². The molecule has 5 nitrogen and oxygen atoms in total. The van der Waals surface area contributed by atoms with Gasteiger partial charge in [-0.2, -0.15) is 0 Å². The minimum atomic E-state index is -3.93. The Morgan fingerprint density at radius 1 is 0.958 bits per heavy atom. The Balaban J connectivity index is 1.98. The number of rotatable bonds is 4. The molecule has 7 heteroatoms. The van der Waals surface area contributed by atoms with Crippen LogP contribution in [0.15, 0.2) is 65.6 Å². The number of hydrogen-bond donors (Lipinski definition) is 2. The Labute approximate surface area is 143 Å². The first-order valence-electron chi connectivity index (χ1n) is 6.91. The summed E-state index contributed by atoms with van der Waals surface area (Å²) in [5.41, 5.74) is 0.124. The number of halogens is 1. The first-order chi connectivity index (χ1) is 11.4. The van der Waals surface area contributed by atoms with E-state index in [4.69, 9.17) is 16.7 Å². The molecular formula is C17H12ClNO4S. The molecule has 0 saturated carbocycles. The van der Waals surface area contributed by atoms with Crippen LogP contribution in [-0.4, -0.2) is 19.5 Å². The molecule has 0 heterocycles. The van der Waals surface area contributed by atoms with Crippen LogP contribution < -0.4 is 4.72 Å². The fraction of sp³-hybridized carbons (Fsp3) is 0. The lowest BCUT2D eigenvalue weighted by molar-refractivity contribution is 0.0697. The van der Waals surface area contributed by atoms with E-state index in [0.717, 1.165) is 16.8 Å². The summed E-state index contributed by atoms with van der Waals surface area (Å²) < 4.78 is 27.4. The van der Waals surface area contributed by atoms with Crippen molar-refractivity contribution in [3.63, 3.8) is 0 Å². The zero-order chi connectivity index (χ0) is 17.3. The number of sulfonamides is 1. The highest BCUT2D eigenvalue weighted by Gasteiger charge is 2.18. The predicted octanol–water partition coefficient (Wildman–Crippen LogP) is 3.99. The summed E-state index contributed by atoms with van der Waals surface area (Å²) in [6, 6.07) is 16.3. The monoisotopic (exact) mass is 361 g/mol. The molecule has 0 aliphatic heterocycles. The van der Waals surface area contributed by atoms with Gasteiger partial charge in [-0.05, 0) is 41.1 Å². The first kappa shape index (κ1) is 16.3. The minimum absolute atomic E-state index is 0.0212. The van der Waals surface area contributed by atoms with E-state index in [0.29, 0.717) is 5.69 Å². The molecule has 0 spiro atoms. The summed E-state index contributed by atoms with van der Waals surface area (Å²) in [6.07, 6.45) is 0. The van der Waals surface area contributed by atoms with Gasteiger partial charge in [-0.15, -0.1) is 0 Å².